The minimum Gasteiger partial charge on any atom is -0.486 e. The van der Waals surface area contributed by atoms with E-state index in [0.29, 0.717) is 50.8 Å². The Labute approximate surface area is 188 Å². The van der Waals surface area contributed by atoms with E-state index >= 15 is 0 Å². The molecular formula is C22H26N2O6S2. The van der Waals surface area contributed by atoms with Crippen molar-refractivity contribution >= 4 is 20.0 Å². The molecule has 1 unspecified atom stereocenters. The Hall–Kier alpha value is -2.14. The summed E-state index contributed by atoms with van der Waals surface area (Å²) in [7, 11) is -7.37. The van der Waals surface area contributed by atoms with Crippen LogP contribution in [-0.2, 0) is 20.0 Å². The molecule has 0 saturated carbocycles. The average Bonchev–Trinajstić information content (AvgIpc) is 3.52. The molecule has 3 aliphatic rings. The van der Waals surface area contributed by atoms with Gasteiger partial charge in [-0.2, -0.15) is 8.61 Å². The van der Waals surface area contributed by atoms with Gasteiger partial charge < -0.3 is 9.47 Å². The van der Waals surface area contributed by atoms with Crippen molar-refractivity contribution in [1.29, 1.82) is 0 Å². The number of hydrogen-bond donors (Lipinski definition) is 0. The minimum atomic E-state index is -3.79. The first kappa shape index (κ1) is 21.7. The number of nitrogens with zero attached hydrogens (tertiary/aromatic N) is 2. The summed E-state index contributed by atoms with van der Waals surface area (Å²) in [5.74, 6) is 1.30. The zero-order valence-electron chi connectivity index (χ0n) is 17.6. The molecule has 2 fully saturated rings. The molecule has 0 spiro atoms. The molecule has 0 amide bonds. The van der Waals surface area contributed by atoms with Crippen molar-refractivity contribution in [2.45, 2.75) is 41.5 Å². The molecule has 0 N–H and O–H groups in total. The first-order chi connectivity index (χ1) is 15.4. The Bertz CT molecular complexity index is 1210. The normalized spacial score (nSPS) is 22.3. The summed E-state index contributed by atoms with van der Waals surface area (Å²) in [5.41, 5.74) is 0.864. The molecule has 3 heterocycles. The number of sulfonamides is 2. The third-order valence-corrected chi connectivity index (χ3v) is 10.1. The van der Waals surface area contributed by atoms with Gasteiger partial charge in [0.2, 0.25) is 20.0 Å². The highest BCUT2D eigenvalue weighted by Gasteiger charge is 2.37. The van der Waals surface area contributed by atoms with Crippen LogP contribution in [0.1, 0.15) is 37.3 Å². The topological polar surface area (TPSA) is 93.2 Å². The van der Waals surface area contributed by atoms with E-state index in [1.807, 2.05) is 18.2 Å². The zero-order valence-corrected chi connectivity index (χ0v) is 19.3. The second-order valence-electron chi connectivity index (χ2n) is 8.26. The Morgan fingerprint density at radius 2 is 1.34 bits per heavy atom. The predicted octanol–water partition coefficient (Wildman–Crippen LogP) is 2.77. The molecule has 2 saturated heterocycles. The highest BCUT2D eigenvalue weighted by molar-refractivity contribution is 7.89. The molecular weight excluding hydrogens is 452 g/mol. The van der Waals surface area contributed by atoms with E-state index in [9.17, 15) is 16.8 Å². The fraction of sp³-hybridized carbons (Fsp3) is 0.455. The lowest BCUT2D eigenvalue weighted by molar-refractivity contribution is 0.171. The second kappa shape index (κ2) is 8.33. The van der Waals surface area contributed by atoms with E-state index in [0.717, 1.165) is 24.8 Å². The lowest BCUT2D eigenvalue weighted by atomic mass is 10.0. The van der Waals surface area contributed by atoms with Crippen molar-refractivity contribution in [3.8, 4) is 11.5 Å². The molecule has 10 heteroatoms. The van der Waals surface area contributed by atoms with Crippen molar-refractivity contribution in [2.75, 3.05) is 32.8 Å². The van der Waals surface area contributed by atoms with E-state index in [-0.39, 0.29) is 15.8 Å². The molecule has 1 atom stereocenters. The van der Waals surface area contributed by atoms with Crippen LogP contribution in [0.4, 0.5) is 0 Å². The van der Waals surface area contributed by atoms with Crippen molar-refractivity contribution in [2.24, 2.45) is 0 Å². The molecule has 0 aromatic heterocycles. The first-order valence-electron chi connectivity index (χ1n) is 10.9. The summed E-state index contributed by atoms with van der Waals surface area (Å²) in [5, 5.41) is 0. The van der Waals surface area contributed by atoms with Gasteiger partial charge in [-0.1, -0.05) is 6.07 Å². The van der Waals surface area contributed by atoms with Crippen LogP contribution < -0.4 is 9.47 Å². The third-order valence-electron chi connectivity index (χ3n) is 6.29. The van der Waals surface area contributed by atoms with Crippen molar-refractivity contribution in [3.63, 3.8) is 0 Å². The number of fused-ring (bicyclic) bond motifs is 1. The zero-order chi connectivity index (χ0) is 22.3. The smallest absolute Gasteiger partial charge is 0.243 e. The second-order valence-corrected chi connectivity index (χ2v) is 12.1. The number of rotatable bonds is 5. The summed E-state index contributed by atoms with van der Waals surface area (Å²) in [4.78, 5) is 0.227. The van der Waals surface area contributed by atoms with Gasteiger partial charge in [-0.15, -0.1) is 0 Å². The lowest BCUT2D eigenvalue weighted by Crippen LogP contribution is -2.31. The van der Waals surface area contributed by atoms with E-state index in [1.165, 1.54) is 32.9 Å². The Morgan fingerprint density at radius 1 is 0.719 bits per heavy atom. The summed E-state index contributed by atoms with van der Waals surface area (Å²) < 4.78 is 66.6. The summed E-state index contributed by atoms with van der Waals surface area (Å²) >= 11 is 0. The highest BCUT2D eigenvalue weighted by Crippen LogP contribution is 2.40. The van der Waals surface area contributed by atoms with Crippen LogP contribution in [0.5, 0.6) is 11.5 Å². The van der Waals surface area contributed by atoms with E-state index < -0.39 is 20.0 Å². The van der Waals surface area contributed by atoms with Gasteiger partial charge in [-0.05, 0) is 67.6 Å². The molecule has 2 aromatic rings. The van der Waals surface area contributed by atoms with Gasteiger partial charge in [0.05, 0.1) is 15.8 Å². The van der Waals surface area contributed by atoms with Gasteiger partial charge in [0.25, 0.3) is 0 Å². The van der Waals surface area contributed by atoms with Crippen LogP contribution in [0.2, 0.25) is 0 Å². The van der Waals surface area contributed by atoms with Gasteiger partial charge in [0, 0.05) is 19.6 Å². The molecule has 8 nitrogen and oxygen atoms in total. The Balaban J connectivity index is 1.41. The van der Waals surface area contributed by atoms with Crippen molar-refractivity contribution in [1.82, 2.24) is 8.61 Å². The maximum absolute atomic E-state index is 13.4. The van der Waals surface area contributed by atoms with E-state index in [2.05, 4.69) is 0 Å². The molecule has 0 bridgehead atoms. The molecule has 0 radical (unpaired) electrons. The van der Waals surface area contributed by atoms with Crippen LogP contribution in [0.25, 0.3) is 0 Å². The van der Waals surface area contributed by atoms with E-state index in [1.54, 1.807) is 0 Å². The van der Waals surface area contributed by atoms with Gasteiger partial charge >= 0.3 is 0 Å². The lowest BCUT2D eigenvalue weighted by Gasteiger charge is -2.26. The maximum Gasteiger partial charge on any atom is 0.243 e. The first-order valence-corrected chi connectivity index (χ1v) is 13.8. The largest absolute Gasteiger partial charge is 0.486 e. The molecule has 5 rings (SSSR count). The predicted molar refractivity (Wildman–Crippen MR) is 118 cm³/mol. The van der Waals surface area contributed by atoms with Crippen LogP contribution >= 0.6 is 0 Å². The summed E-state index contributed by atoms with van der Waals surface area (Å²) in [6, 6.07) is 10.9. The van der Waals surface area contributed by atoms with Crippen LogP contribution in [0, 0.1) is 0 Å². The van der Waals surface area contributed by atoms with Crippen molar-refractivity contribution < 1.29 is 26.3 Å². The monoisotopic (exact) mass is 478 g/mol. The molecule has 0 aliphatic carbocycles. The standard InChI is InChI=1S/C22H26N2O6S2/c25-31(26,23-11-1-2-12-23)18-6-8-19(9-7-18)32(27,28)24-13-3-4-20(24)17-5-10-21-22(16-17)30-15-14-29-21/h5-10,16,20H,1-4,11-15H2. The van der Waals surface area contributed by atoms with Gasteiger partial charge in [-0.3, -0.25) is 0 Å². The molecule has 2 aromatic carbocycles. The van der Waals surface area contributed by atoms with Gasteiger partial charge in [0.15, 0.2) is 11.5 Å². The third kappa shape index (κ3) is 3.79. The van der Waals surface area contributed by atoms with Crippen LogP contribution in [-0.4, -0.2) is 58.3 Å². The molecule has 32 heavy (non-hydrogen) atoms. The highest BCUT2D eigenvalue weighted by atomic mass is 32.2. The van der Waals surface area contributed by atoms with Crippen LogP contribution in [0.15, 0.2) is 52.3 Å². The molecule has 3 aliphatic heterocycles. The van der Waals surface area contributed by atoms with Crippen LogP contribution in [0.3, 0.4) is 0 Å². The summed E-state index contributed by atoms with van der Waals surface area (Å²) in [6.07, 6.45) is 3.16. The minimum absolute atomic E-state index is 0.0994. The van der Waals surface area contributed by atoms with Crippen molar-refractivity contribution in [3.05, 3.63) is 48.0 Å². The molecule has 172 valence electrons. The number of ether oxygens (including phenoxy) is 2. The van der Waals surface area contributed by atoms with Gasteiger partial charge in [-0.25, -0.2) is 16.8 Å². The number of benzene rings is 2. The fourth-order valence-electron chi connectivity index (χ4n) is 4.62. The Morgan fingerprint density at radius 3 is 2.03 bits per heavy atom. The SMILES string of the molecule is O=S(=O)(c1ccc(S(=O)(=O)N2CCCC2c2ccc3c(c2)OCCO3)cc1)N1CCCC1. The average molecular weight is 479 g/mol. The van der Waals surface area contributed by atoms with E-state index in [4.69, 9.17) is 9.47 Å². The number of hydrogen-bond acceptors (Lipinski definition) is 6. The maximum atomic E-state index is 13.4. The quantitative estimate of drug-likeness (QED) is 0.656. The summed E-state index contributed by atoms with van der Waals surface area (Å²) in [6.45, 7) is 2.39. The Kier molecular flexibility index (Phi) is 5.65. The van der Waals surface area contributed by atoms with Gasteiger partial charge in [0.1, 0.15) is 13.2 Å². The fourth-order valence-corrected chi connectivity index (χ4v) is 7.82.